The van der Waals surface area contributed by atoms with Crippen LogP contribution in [0.4, 0.5) is 5.13 Å². The number of anilines is 1. The van der Waals surface area contributed by atoms with Crippen molar-refractivity contribution < 1.29 is 13.2 Å². The topological polar surface area (TPSA) is 73.8 Å². The first-order valence-electron chi connectivity index (χ1n) is 9.70. The van der Waals surface area contributed by atoms with Crippen LogP contribution in [0.5, 0.6) is 0 Å². The van der Waals surface area contributed by atoms with E-state index in [9.17, 15) is 13.2 Å². The molecule has 2 fully saturated rings. The smallest absolute Gasteiger partial charge is 0.255 e. The molecule has 0 saturated carbocycles. The summed E-state index contributed by atoms with van der Waals surface area (Å²) in [6.45, 7) is 3.69. The van der Waals surface area contributed by atoms with Crippen molar-refractivity contribution in [3.05, 3.63) is 40.4 Å². The lowest BCUT2D eigenvalue weighted by molar-refractivity contribution is 0.0767. The molecule has 3 heterocycles. The molecule has 29 heavy (non-hydrogen) atoms. The Kier molecular flexibility index (Phi) is 6.10. The molecule has 1 aromatic carbocycles. The molecule has 0 bridgehead atoms. The van der Waals surface area contributed by atoms with Crippen molar-refractivity contribution in [1.82, 2.24) is 14.2 Å². The van der Waals surface area contributed by atoms with E-state index >= 15 is 0 Å². The summed E-state index contributed by atoms with van der Waals surface area (Å²) in [5.41, 5.74) is 0.245. The van der Waals surface area contributed by atoms with Crippen molar-refractivity contribution in [2.75, 3.05) is 44.2 Å². The van der Waals surface area contributed by atoms with Crippen molar-refractivity contribution in [2.24, 2.45) is 0 Å². The number of hydrogen-bond donors (Lipinski definition) is 0. The average molecular weight is 455 g/mol. The molecule has 2 saturated heterocycles. The Morgan fingerprint density at radius 1 is 1.03 bits per heavy atom. The van der Waals surface area contributed by atoms with E-state index in [1.165, 1.54) is 22.5 Å². The minimum Gasteiger partial charge on any atom is -0.346 e. The number of amides is 1. The second kappa shape index (κ2) is 8.59. The molecule has 0 unspecified atom stereocenters. The number of thiazole rings is 1. The fourth-order valence-electron chi connectivity index (χ4n) is 3.76. The molecule has 1 aromatic heterocycles. The van der Waals surface area contributed by atoms with Crippen molar-refractivity contribution in [1.29, 1.82) is 0 Å². The Hall–Kier alpha value is -1.68. The molecule has 0 radical (unpaired) electrons. The number of aromatic nitrogens is 1. The van der Waals surface area contributed by atoms with Gasteiger partial charge in [0.1, 0.15) is 0 Å². The molecule has 0 spiro atoms. The highest BCUT2D eigenvalue weighted by molar-refractivity contribution is 7.89. The largest absolute Gasteiger partial charge is 0.346 e. The zero-order chi connectivity index (χ0) is 20.4. The SMILES string of the molecule is O=C(c1cc(S(=O)(=O)N2CCCC2)ccc1Cl)N1CCCN(c2nccs2)CC1. The van der Waals surface area contributed by atoms with Crippen LogP contribution in [-0.2, 0) is 10.0 Å². The summed E-state index contributed by atoms with van der Waals surface area (Å²) in [6, 6.07) is 4.43. The second-order valence-electron chi connectivity index (χ2n) is 7.20. The van der Waals surface area contributed by atoms with Gasteiger partial charge in [0, 0.05) is 50.8 Å². The fraction of sp³-hybridized carbons (Fsp3) is 0.474. The molecule has 4 rings (SSSR count). The lowest BCUT2D eigenvalue weighted by Crippen LogP contribution is -2.35. The number of carbonyl (C=O) groups excluding carboxylic acids is 1. The highest BCUT2D eigenvalue weighted by atomic mass is 35.5. The van der Waals surface area contributed by atoms with Crippen LogP contribution in [-0.4, -0.2) is 67.8 Å². The molecule has 2 aliphatic rings. The van der Waals surface area contributed by atoms with Crippen LogP contribution in [0.15, 0.2) is 34.7 Å². The highest BCUT2D eigenvalue weighted by Gasteiger charge is 2.29. The molecular weight excluding hydrogens is 432 g/mol. The maximum atomic E-state index is 13.2. The second-order valence-corrected chi connectivity index (χ2v) is 10.4. The summed E-state index contributed by atoms with van der Waals surface area (Å²) < 4.78 is 27.2. The van der Waals surface area contributed by atoms with Crippen LogP contribution < -0.4 is 4.90 Å². The highest BCUT2D eigenvalue weighted by Crippen LogP contribution is 2.27. The number of rotatable bonds is 4. The average Bonchev–Trinajstić information content (AvgIpc) is 3.39. The van der Waals surface area contributed by atoms with Gasteiger partial charge in [-0.25, -0.2) is 13.4 Å². The molecule has 10 heteroatoms. The van der Waals surface area contributed by atoms with E-state index in [-0.39, 0.29) is 21.4 Å². The summed E-state index contributed by atoms with van der Waals surface area (Å²) in [5, 5.41) is 3.17. The van der Waals surface area contributed by atoms with Gasteiger partial charge in [-0.05, 0) is 37.5 Å². The molecule has 2 aromatic rings. The quantitative estimate of drug-likeness (QED) is 0.710. The Morgan fingerprint density at radius 2 is 1.83 bits per heavy atom. The van der Waals surface area contributed by atoms with Gasteiger partial charge in [0.15, 0.2) is 5.13 Å². The van der Waals surface area contributed by atoms with Crippen molar-refractivity contribution >= 4 is 44.0 Å². The van der Waals surface area contributed by atoms with Gasteiger partial charge in [0.2, 0.25) is 10.0 Å². The molecule has 156 valence electrons. The summed E-state index contributed by atoms with van der Waals surface area (Å²) in [4.78, 5) is 21.6. The van der Waals surface area contributed by atoms with Gasteiger partial charge < -0.3 is 9.80 Å². The molecule has 0 N–H and O–H groups in total. The summed E-state index contributed by atoms with van der Waals surface area (Å²) >= 11 is 7.88. The van der Waals surface area contributed by atoms with Crippen molar-refractivity contribution in [3.8, 4) is 0 Å². The van der Waals surface area contributed by atoms with Gasteiger partial charge in [-0.15, -0.1) is 11.3 Å². The van der Waals surface area contributed by atoms with E-state index in [0.717, 1.165) is 30.9 Å². The lowest BCUT2D eigenvalue weighted by Gasteiger charge is -2.23. The predicted molar refractivity (Wildman–Crippen MR) is 114 cm³/mol. The minimum absolute atomic E-state index is 0.131. The van der Waals surface area contributed by atoms with Gasteiger partial charge in [-0.2, -0.15) is 4.31 Å². The Bertz CT molecular complexity index is 975. The van der Waals surface area contributed by atoms with E-state index < -0.39 is 10.0 Å². The zero-order valence-electron chi connectivity index (χ0n) is 16.0. The Morgan fingerprint density at radius 3 is 2.55 bits per heavy atom. The third kappa shape index (κ3) is 4.28. The molecule has 7 nitrogen and oxygen atoms in total. The number of carbonyl (C=O) groups is 1. The van der Waals surface area contributed by atoms with E-state index in [4.69, 9.17) is 11.6 Å². The monoisotopic (exact) mass is 454 g/mol. The zero-order valence-corrected chi connectivity index (χ0v) is 18.3. The fourth-order valence-corrected chi connectivity index (χ4v) is 6.20. The standard InChI is InChI=1S/C19H23ClN4O3S2/c20-17-5-4-15(29(26,27)24-9-1-2-10-24)14-16(17)18(25)22-7-3-8-23(12-11-22)19-21-6-13-28-19/h4-6,13-14H,1-3,7-12H2. The first-order chi connectivity index (χ1) is 14.0. The summed E-state index contributed by atoms with van der Waals surface area (Å²) in [7, 11) is -3.60. The maximum Gasteiger partial charge on any atom is 0.255 e. The summed E-state index contributed by atoms with van der Waals surface area (Å²) in [5.74, 6) is -0.227. The van der Waals surface area contributed by atoms with Gasteiger partial charge in [-0.1, -0.05) is 11.6 Å². The molecule has 2 aliphatic heterocycles. The van der Waals surface area contributed by atoms with Crippen LogP contribution in [0.2, 0.25) is 5.02 Å². The van der Waals surface area contributed by atoms with E-state index in [0.29, 0.717) is 32.7 Å². The Balaban J connectivity index is 1.54. The number of nitrogens with zero attached hydrogens (tertiary/aromatic N) is 4. The number of halogens is 1. The molecule has 0 atom stereocenters. The summed E-state index contributed by atoms with van der Waals surface area (Å²) in [6.07, 6.45) is 4.32. The molecule has 1 amide bonds. The van der Waals surface area contributed by atoms with Gasteiger partial charge >= 0.3 is 0 Å². The minimum atomic E-state index is -3.60. The molecular formula is C19H23ClN4O3S2. The lowest BCUT2D eigenvalue weighted by atomic mass is 10.2. The Labute approximate surface area is 179 Å². The number of hydrogen-bond acceptors (Lipinski definition) is 6. The van der Waals surface area contributed by atoms with Crippen LogP contribution in [0.3, 0.4) is 0 Å². The predicted octanol–water partition coefficient (Wildman–Crippen LogP) is 2.93. The van der Waals surface area contributed by atoms with Crippen LogP contribution in [0.1, 0.15) is 29.6 Å². The van der Waals surface area contributed by atoms with E-state index in [2.05, 4.69) is 9.88 Å². The van der Waals surface area contributed by atoms with Crippen LogP contribution >= 0.6 is 22.9 Å². The van der Waals surface area contributed by atoms with Crippen molar-refractivity contribution in [3.63, 3.8) is 0 Å². The van der Waals surface area contributed by atoms with Crippen molar-refractivity contribution in [2.45, 2.75) is 24.2 Å². The third-order valence-electron chi connectivity index (χ3n) is 5.34. The third-order valence-corrected chi connectivity index (χ3v) is 8.40. The van der Waals surface area contributed by atoms with Gasteiger partial charge in [0.25, 0.3) is 5.91 Å². The number of benzene rings is 1. The van der Waals surface area contributed by atoms with E-state index in [1.807, 2.05) is 5.38 Å². The normalized spacial score (nSPS) is 18.8. The molecule has 0 aliphatic carbocycles. The van der Waals surface area contributed by atoms with Crippen LogP contribution in [0.25, 0.3) is 0 Å². The van der Waals surface area contributed by atoms with Gasteiger partial charge in [-0.3, -0.25) is 4.79 Å². The van der Waals surface area contributed by atoms with Gasteiger partial charge in [0.05, 0.1) is 15.5 Å². The van der Waals surface area contributed by atoms with E-state index in [1.54, 1.807) is 22.4 Å². The number of sulfonamides is 1. The first kappa shape index (κ1) is 20.6. The first-order valence-corrected chi connectivity index (χ1v) is 12.4. The maximum absolute atomic E-state index is 13.2. The van der Waals surface area contributed by atoms with Crippen LogP contribution in [0, 0.1) is 0 Å².